The summed E-state index contributed by atoms with van der Waals surface area (Å²) in [6.07, 6.45) is 4.32. The largest absolute Gasteiger partial charge is 0.504 e. The number of fused-ring (bicyclic) bond motifs is 3. The summed E-state index contributed by atoms with van der Waals surface area (Å²) in [6.45, 7) is 1.11. The summed E-state index contributed by atoms with van der Waals surface area (Å²) in [7, 11) is 0. The normalized spacial score (nSPS) is 26.6. The van der Waals surface area contributed by atoms with Crippen LogP contribution in [-0.2, 0) is 6.42 Å². The maximum atomic E-state index is 9.86. The molecule has 1 aliphatic carbocycles. The molecule has 0 spiro atoms. The number of nitrogens with one attached hydrogen (secondary N) is 1. The number of phenolic OH excluding ortho intramolecular Hbond substituents is 2. The highest BCUT2D eigenvalue weighted by Gasteiger charge is 2.32. The zero-order chi connectivity index (χ0) is 11.1. The first kappa shape index (κ1) is 12.7. The van der Waals surface area contributed by atoms with Crippen LogP contribution in [0.3, 0.4) is 0 Å². The third-order valence-corrected chi connectivity index (χ3v) is 3.99. The maximum Gasteiger partial charge on any atom is 0.160 e. The fraction of sp³-hybridized carbons (Fsp3) is 0.538. The van der Waals surface area contributed by atoms with Crippen molar-refractivity contribution in [1.82, 2.24) is 5.32 Å². The third-order valence-electron chi connectivity index (χ3n) is 3.99. The Morgan fingerprint density at radius 2 is 2.00 bits per heavy atom. The molecule has 1 heterocycles. The van der Waals surface area contributed by atoms with Crippen LogP contribution >= 0.6 is 17.0 Å². The summed E-state index contributed by atoms with van der Waals surface area (Å²) in [5, 5.41) is 22.9. The molecular weight excluding hydrogens is 282 g/mol. The third kappa shape index (κ3) is 2.04. The summed E-state index contributed by atoms with van der Waals surface area (Å²) >= 11 is 0. The quantitative estimate of drug-likeness (QED) is 0.645. The second-order valence-corrected chi connectivity index (χ2v) is 4.85. The Labute approximate surface area is 112 Å². The van der Waals surface area contributed by atoms with Gasteiger partial charge >= 0.3 is 0 Å². The van der Waals surface area contributed by atoms with Crippen LogP contribution in [0.15, 0.2) is 12.1 Å². The van der Waals surface area contributed by atoms with E-state index in [1.807, 2.05) is 6.07 Å². The van der Waals surface area contributed by atoms with Crippen LogP contribution in [0.1, 0.15) is 36.3 Å². The molecule has 94 valence electrons. The SMILES string of the molecule is Br.Oc1ccc2c(c1O)CC[C@@H]1NCCC[C@@H]21. The lowest BCUT2D eigenvalue weighted by atomic mass is 9.75. The van der Waals surface area contributed by atoms with Crippen LogP contribution in [0.5, 0.6) is 11.5 Å². The number of rotatable bonds is 0. The molecule has 2 atom stereocenters. The van der Waals surface area contributed by atoms with E-state index in [4.69, 9.17) is 0 Å². The lowest BCUT2D eigenvalue weighted by Crippen LogP contribution is -2.42. The van der Waals surface area contributed by atoms with E-state index in [1.165, 1.54) is 18.4 Å². The van der Waals surface area contributed by atoms with Gasteiger partial charge in [-0.2, -0.15) is 0 Å². The highest BCUT2D eigenvalue weighted by atomic mass is 79.9. The Morgan fingerprint density at radius 1 is 1.18 bits per heavy atom. The van der Waals surface area contributed by atoms with E-state index in [-0.39, 0.29) is 28.5 Å². The first-order chi connectivity index (χ1) is 7.77. The molecule has 0 amide bonds. The van der Waals surface area contributed by atoms with E-state index in [9.17, 15) is 10.2 Å². The number of hydrogen-bond acceptors (Lipinski definition) is 3. The van der Waals surface area contributed by atoms with Crippen molar-refractivity contribution >= 4 is 17.0 Å². The van der Waals surface area contributed by atoms with Crippen LogP contribution in [-0.4, -0.2) is 22.8 Å². The van der Waals surface area contributed by atoms with E-state index < -0.39 is 0 Å². The number of benzene rings is 1. The first-order valence-corrected chi connectivity index (χ1v) is 6.04. The Balaban J connectivity index is 0.00000108. The monoisotopic (exact) mass is 299 g/mol. The van der Waals surface area contributed by atoms with Gasteiger partial charge in [0.25, 0.3) is 0 Å². The fourth-order valence-corrected chi connectivity index (χ4v) is 3.18. The smallest absolute Gasteiger partial charge is 0.160 e. The van der Waals surface area contributed by atoms with Gasteiger partial charge in [-0.3, -0.25) is 0 Å². The van der Waals surface area contributed by atoms with Gasteiger partial charge in [0.15, 0.2) is 11.5 Å². The van der Waals surface area contributed by atoms with Crippen LogP contribution in [0.4, 0.5) is 0 Å². The van der Waals surface area contributed by atoms with Gasteiger partial charge in [0.2, 0.25) is 0 Å². The minimum absolute atomic E-state index is 0. The Bertz CT molecular complexity index is 422. The van der Waals surface area contributed by atoms with Gasteiger partial charge in [-0.15, -0.1) is 17.0 Å². The summed E-state index contributed by atoms with van der Waals surface area (Å²) in [6, 6.07) is 4.16. The second kappa shape index (κ2) is 4.86. The number of piperidine rings is 1. The van der Waals surface area contributed by atoms with Crippen molar-refractivity contribution in [2.24, 2.45) is 0 Å². The second-order valence-electron chi connectivity index (χ2n) is 4.85. The lowest BCUT2D eigenvalue weighted by molar-refractivity contribution is 0.312. The molecule has 3 rings (SSSR count). The predicted molar refractivity (Wildman–Crippen MR) is 72.2 cm³/mol. The number of halogens is 1. The molecule has 0 aromatic heterocycles. The van der Waals surface area contributed by atoms with Crippen LogP contribution in [0.25, 0.3) is 0 Å². The van der Waals surface area contributed by atoms with Crippen LogP contribution < -0.4 is 5.32 Å². The van der Waals surface area contributed by atoms with Crippen molar-refractivity contribution in [1.29, 1.82) is 0 Å². The van der Waals surface area contributed by atoms with Crippen molar-refractivity contribution in [3.05, 3.63) is 23.3 Å². The average molecular weight is 300 g/mol. The lowest BCUT2D eigenvalue weighted by Gasteiger charge is -2.38. The minimum Gasteiger partial charge on any atom is -0.504 e. The molecule has 1 aromatic carbocycles. The molecule has 0 radical (unpaired) electrons. The Morgan fingerprint density at radius 3 is 2.82 bits per heavy atom. The average Bonchev–Trinajstić information content (AvgIpc) is 2.33. The van der Waals surface area contributed by atoms with Gasteiger partial charge in [-0.1, -0.05) is 6.07 Å². The van der Waals surface area contributed by atoms with Crippen LogP contribution in [0, 0.1) is 0 Å². The molecule has 4 heteroatoms. The zero-order valence-electron chi connectivity index (χ0n) is 9.65. The standard InChI is InChI=1S/C13H17NO2.BrH/c15-12-6-4-8-9-2-1-7-14-11(9)5-3-10(8)13(12)16;/h4,6,9,11,14-16H,1-3,5,7H2;1H/t9-,11-;/m0./s1. The predicted octanol–water partition coefficient (Wildman–Crippen LogP) is 2.46. The number of aromatic hydroxyl groups is 2. The highest BCUT2D eigenvalue weighted by Crippen LogP contribution is 2.43. The highest BCUT2D eigenvalue weighted by molar-refractivity contribution is 8.93. The Kier molecular flexibility index (Phi) is 3.64. The molecule has 0 saturated carbocycles. The molecule has 1 aliphatic heterocycles. The summed E-state index contributed by atoms with van der Waals surface area (Å²) in [5.74, 6) is 0.631. The molecule has 2 aliphatic rings. The van der Waals surface area contributed by atoms with E-state index in [1.54, 1.807) is 6.07 Å². The van der Waals surface area contributed by atoms with Gasteiger partial charge < -0.3 is 15.5 Å². The van der Waals surface area contributed by atoms with Crippen LogP contribution in [0.2, 0.25) is 0 Å². The topological polar surface area (TPSA) is 52.5 Å². The van der Waals surface area contributed by atoms with Gasteiger partial charge in [0.05, 0.1) is 0 Å². The molecule has 3 nitrogen and oxygen atoms in total. The molecule has 0 bridgehead atoms. The minimum atomic E-state index is 0. The van der Waals surface area contributed by atoms with E-state index in [0.29, 0.717) is 12.0 Å². The Hall–Kier alpha value is -0.740. The van der Waals surface area contributed by atoms with Crippen molar-refractivity contribution in [2.75, 3.05) is 6.54 Å². The summed E-state index contributed by atoms with van der Waals surface area (Å²) in [4.78, 5) is 0. The van der Waals surface area contributed by atoms with Crippen molar-refractivity contribution in [3.8, 4) is 11.5 Å². The zero-order valence-corrected chi connectivity index (χ0v) is 11.4. The van der Waals surface area contributed by atoms with Crippen molar-refractivity contribution in [2.45, 2.75) is 37.6 Å². The molecular formula is C13H18BrNO2. The molecule has 1 aromatic rings. The van der Waals surface area contributed by atoms with Gasteiger partial charge in [0.1, 0.15) is 0 Å². The number of phenols is 2. The summed E-state index contributed by atoms with van der Waals surface area (Å²) < 4.78 is 0. The van der Waals surface area contributed by atoms with Gasteiger partial charge in [-0.05, 0) is 49.8 Å². The fourth-order valence-electron chi connectivity index (χ4n) is 3.18. The molecule has 1 fully saturated rings. The molecule has 1 saturated heterocycles. The van der Waals surface area contributed by atoms with Crippen molar-refractivity contribution < 1.29 is 10.2 Å². The van der Waals surface area contributed by atoms with E-state index in [0.717, 1.165) is 24.9 Å². The van der Waals surface area contributed by atoms with Gasteiger partial charge in [0, 0.05) is 11.6 Å². The van der Waals surface area contributed by atoms with E-state index in [2.05, 4.69) is 5.32 Å². The summed E-state index contributed by atoms with van der Waals surface area (Å²) in [5.41, 5.74) is 2.20. The van der Waals surface area contributed by atoms with Gasteiger partial charge in [-0.25, -0.2) is 0 Å². The molecule has 0 unspecified atom stereocenters. The maximum absolute atomic E-state index is 9.86. The molecule has 3 N–H and O–H groups in total. The first-order valence-electron chi connectivity index (χ1n) is 6.04. The number of hydrogen-bond donors (Lipinski definition) is 3. The van der Waals surface area contributed by atoms with Crippen molar-refractivity contribution in [3.63, 3.8) is 0 Å². The van der Waals surface area contributed by atoms with E-state index >= 15 is 0 Å². The molecule has 17 heavy (non-hydrogen) atoms.